The number of benzene rings is 1. The van der Waals surface area contributed by atoms with E-state index in [0.717, 1.165) is 19.3 Å². The number of azo groups is 1. The first-order valence-electron chi connectivity index (χ1n) is 7.78. The summed E-state index contributed by atoms with van der Waals surface area (Å²) >= 11 is 0. The van der Waals surface area contributed by atoms with Crippen molar-refractivity contribution < 1.29 is 8.42 Å². The van der Waals surface area contributed by atoms with Gasteiger partial charge in [-0.15, -0.1) is 5.11 Å². The molecule has 1 aromatic heterocycles. The first kappa shape index (κ1) is 16.6. The zero-order chi connectivity index (χ0) is 17.2. The molecule has 128 valence electrons. The second-order valence-corrected chi connectivity index (χ2v) is 7.65. The summed E-state index contributed by atoms with van der Waals surface area (Å²) in [5.74, 6) is 0. The highest BCUT2D eigenvalue weighted by molar-refractivity contribution is 7.89. The van der Waals surface area contributed by atoms with Crippen LogP contribution in [0.5, 0.6) is 0 Å². The minimum atomic E-state index is -3.45. The van der Waals surface area contributed by atoms with Crippen LogP contribution in [0.4, 0.5) is 11.4 Å². The normalized spacial score (nSPS) is 16.7. The Hall–Kier alpha value is -2.26. The maximum absolute atomic E-state index is 12.6. The van der Waals surface area contributed by atoms with Crippen molar-refractivity contribution in [2.24, 2.45) is 10.2 Å². The summed E-state index contributed by atoms with van der Waals surface area (Å²) in [6, 6.07) is 6.20. The van der Waals surface area contributed by atoms with Crippen LogP contribution >= 0.6 is 0 Å². The van der Waals surface area contributed by atoms with Crippen molar-refractivity contribution in [2.45, 2.75) is 31.1 Å². The topological polar surface area (TPSA) is 111 Å². The van der Waals surface area contributed by atoms with Crippen LogP contribution in [0.25, 0.3) is 0 Å². The third kappa shape index (κ3) is 3.31. The lowest BCUT2D eigenvalue weighted by atomic mass is 10.2. The van der Waals surface area contributed by atoms with Gasteiger partial charge in [-0.2, -0.15) is 9.42 Å². The lowest BCUT2D eigenvalue weighted by Gasteiger charge is -2.25. The van der Waals surface area contributed by atoms with E-state index in [1.807, 2.05) is 0 Å². The molecule has 0 unspecified atom stereocenters. The molecule has 24 heavy (non-hydrogen) atoms. The Labute approximate surface area is 139 Å². The molecule has 3 rings (SSSR count). The van der Waals surface area contributed by atoms with E-state index in [9.17, 15) is 13.2 Å². The molecule has 1 saturated heterocycles. The van der Waals surface area contributed by atoms with E-state index in [4.69, 9.17) is 0 Å². The van der Waals surface area contributed by atoms with Crippen LogP contribution < -0.4 is 5.56 Å². The van der Waals surface area contributed by atoms with Crippen molar-refractivity contribution in [3.8, 4) is 0 Å². The Balaban J connectivity index is 1.79. The number of sulfonamides is 1. The fourth-order valence-electron chi connectivity index (χ4n) is 2.61. The summed E-state index contributed by atoms with van der Waals surface area (Å²) in [7, 11) is -3.45. The van der Waals surface area contributed by atoms with Gasteiger partial charge >= 0.3 is 0 Å². The molecule has 0 radical (unpaired) electrons. The van der Waals surface area contributed by atoms with Crippen LogP contribution in [0.1, 0.15) is 25.0 Å². The third-order valence-electron chi connectivity index (χ3n) is 3.99. The number of piperidine rings is 1. The van der Waals surface area contributed by atoms with Crippen LogP contribution in [0, 0.1) is 6.92 Å². The molecule has 0 atom stereocenters. The van der Waals surface area contributed by atoms with Gasteiger partial charge in [-0.25, -0.2) is 8.42 Å². The molecule has 9 heteroatoms. The standard InChI is InChI=1S/C15H19N5O3S/c1-11-14(15(21)19-16-11)18-17-12-5-7-13(8-6-12)24(22,23)20-9-3-2-4-10-20/h5-8H,2-4,9-10H2,1H3,(H2,16,19,21). The first-order valence-corrected chi connectivity index (χ1v) is 9.22. The average Bonchev–Trinajstić information content (AvgIpc) is 2.92. The SMILES string of the molecule is Cc1[nH][nH]c(=O)c1N=Nc1ccc(S(=O)(=O)N2CCCCC2)cc1. The summed E-state index contributed by atoms with van der Waals surface area (Å²) < 4.78 is 26.6. The van der Waals surface area contributed by atoms with Crippen LogP contribution in [-0.4, -0.2) is 36.0 Å². The van der Waals surface area contributed by atoms with E-state index < -0.39 is 10.0 Å². The van der Waals surface area contributed by atoms with E-state index in [-0.39, 0.29) is 16.1 Å². The van der Waals surface area contributed by atoms with Crippen molar-refractivity contribution in [3.63, 3.8) is 0 Å². The Morgan fingerprint density at radius 1 is 1.00 bits per heavy atom. The number of rotatable bonds is 4. The van der Waals surface area contributed by atoms with Crippen molar-refractivity contribution in [1.29, 1.82) is 0 Å². The molecule has 0 spiro atoms. The first-order chi connectivity index (χ1) is 11.5. The Bertz CT molecular complexity index is 890. The predicted molar refractivity (Wildman–Crippen MR) is 89.4 cm³/mol. The lowest BCUT2D eigenvalue weighted by Crippen LogP contribution is -2.35. The van der Waals surface area contributed by atoms with Gasteiger partial charge < -0.3 is 5.10 Å². The van der Waals surface area contributed by atoms with E-state index in [1.165, 1.54) is 16.4 Å². The molecule has 1 aliphatic rings. The molecule has 2 aromatic rings. The summed E-state index contributed by atoms with van der Waals surface area (Å²) in [5.41, 5.74) is 0.932. The van der Waals surface area contributed by atoms with E-state index in [1.54, 1.807) is 19.1 Å². The van der Waals surface area contributed by atoms with Gasteiger partial charge in [0, 0.05) is 13.1 Å². The van der Waals surface area contributed by atoms with Gasteiger partial charge in [-0.05, 0) is 44.0 Å². The number of aromatic amines is 2. The zero-order valence-electron chi connectivity index (χ0n) is 13.3. The van der Waals surface area contributed by atoms with Gasteiger partial charge in [-0.1, -0.05) is 6.42 Å². The number of H-pyrrole nitrogens is 2. The largest absolute Gasteiger partial charge is 0.300 e. The van der Waals surface area contributed by atoms with Crippen molar-refractivity contribution in [3.05, 3.63) is 40.3 Å². The van der Waals surface area contributed by atoms with Gasteiger partial charge in [0.2, 0.25) is 10.0 Å². The van der Waals surface area contributed by atoms with E-state index in [2.05, 4.69) is 20.4 Å². The lowest BCUT2D eigenvalue weighted by molar-refractivity contribution is 0.346. The molecular weight excluding hydrogens is 330 g/mol. The Morgan fingerprint density at radius 2 is 1.67 bits per heavy atom. The van der Waals surface area contributed by atoms with Crippen molar-refractivity contribution in [2.75, 3.05) is 13.1 Å². The minimum Gasteiger partial charge on any atom is -0.300 e. The van der Waals surface area contributed by atoms with Crippen molar-refractivity contribution in [1.82, 2.24) is 14.5 Å². The average molecular weight is 349 g/mol. The highest BCUT2D eigenvalue weighted by atomic mass is 32.2. The molecule has 1 fully saturated rings. The van der Waals surface area contributed by atoms with Gasteiger partial charge in [0.1, 0.15) is 0 Å². The van der Waals surface area contributed by atoms with Gasteiger partial charge in [0.25, 0.3) is 5.56 Å². The smallest absolute Gasteiger partial charge is 0.291 e. The van der Waals surface area contributed by atoms with Gasteiger partial charge in [-0.3, -0.25) is 9.89 Å². The molecule has 2 N–H and O–H groups in total. The maximum Gasteiger partial charge on any atom is 0.291 e. The van der Waals surface area contributed by atoms with Crippen molar-refractivity contribution >= 4 is 21.4 Å². The van der Waals surface area contributed by atoms with Gasteiger partial charge in [0.15, 0.2) is 5.69 Å². The van der Waals surface area contributed by atoms with E-state index in [0.29, 0.717) is 24.5 Å². The van der Waals surface area contributed by atoms with Crippen LogP contribution in [0.2, 0.25) is 0 Å². The van der Waals surface area contributed by atoms with Crippen LogP contribution in [0.15, 0.2) is 44.2 Å². The Kier molecular flexibility index (Phi) is 4.63. The summed E-state index contributed by atoms with van der Waals surface area (Å²) in [5, 5.41) is 13.0. The van der Waals surface area contributed by atoms with Crippen LogP contribution in [-0.2, 0) is 10.0 Å². The molecule has 2 heterocycles. The zero-order valence-corrected chi connectivity index (χ0v) is 14.1. The number of nitrogens with zero attached hydrogens (tertiary/aromatic N) is 3. The maximum atomic E-state index is 12.6. The quantitative estimate of drug-likeness (QED) is 0.828. The molecule has 8 nitrogen and oxygen atoms in total. The number of aryl methyl sites for hydroxylation is 1. The summed E-state index contributed by atoms with van der Waals surface area (Å²) in [6.07, 6.45) is 2.87. The minimum absolute atomic E-state index is 0.208. The molecule has 0 saturated carbocycles. The fourth-order valence-corrected chi connectivity index (χ4v) is 4.12. The highest BCUT2D eigenvalue weighted by Crippen LogP contribution is 2.23. The number of hydrogen-bond acceptors (Lipinski definition) is 5. The summed E-state index contributed by atoms with van der Waals surface area (Å²) in [4.78, 5) is 11.7. The monoisotopic (exact) mass is 349 g/mol. The molecule has 1 aliphatic heterocycles. The molecule has 1 aromatic carbocycles. The number of hydrogen-bond donors (Lipinski definition) is 2. The molecule has 0 bridgehead atoms. The molecule has 0 aliphatic carbocycles. The molecular formula is C15H19N5O3S. The predicted octanol–water partition coefficient (Wildman–Crippen LogP) is 2.60. The second-order valence-electron chi connectivity index (χ2n) is 5.71. The fraction of sp³-hybridized carbons (Fsp3) is 0.400. The highest BCUT2D eigenvalue weighted by Gasteiger charge is 2.25. The van der Waals surface area contributed by atoms with E-state index >= 15 is 0 Å². The Morgan fingerprint density at radius 3 is 2.25 bits per heavy atom. The number of nitrogens with one attached hydrogen (secondary N) is 2. The molecule has 0 amide bonds. The second kappa shape index (κ2) is 6.70. The summed E-state index contributed by atoms with van der Waals surface area (Å²) in [6.45, 7) is 2.85. The number of aromatic nitrogens is 2. The van der Waals surface area contributed by atoms with Crippen LogP contribution in [0.3, 0.4) is 0 Å². The van der Waals surface area contributed by atoms with Gasteiger partial charge in [0.05, 0.1) is 16.3 Å². The third-order valence-corrected chi connectivity index (χ3v) is 5.90.